The molecule has 0 saturated carbocycles. The Morgan fingerprint density at radius 1 is 1.25 bits per heavy atom. The van der Waals surface area contributed by atoms with Gasteiger partial charge in [-0.1, -0.05) is 12.1 Å². The van der Waals surface area contributed by atoms with Gasteiger partial charge < -0.3 is 10.0 Å². The van der Waals surface area contributed by atoms with Gasteiger partial charge in [0.2, 0.25) is 0 Å². The number of hydrogen-bond donors (Lipinski definition) is 1. The van der Waals surface area contributed by atoms with Crippen molar-refractivity contribution in [3.63, 3.8) is 0 Å². The van der Waals surface area contributed by atoms with Crippen molar-refractivity contribution in [2.45, 2.75) is 0 Å². The van der Waals surface area contributed by atoms with Crippen molar-refractivity contribution in [1.29, 1.82) is 0 Å². The van der Waals surface area contributed by atoms with Crippen molar-refractivity contribution in [3.05, 3.63) is 58.3 Å². The number of para-hydroxylation sites is 1. The maximum absolute atomic E-state index is 12.4. The van der Waals surface area contributed by atoms with E-state index < -0.39 is 5.97 Å². The summed E-state index contributed by atoms with van der Waals surface area (Å²) in [5, 5.41) is 9.16. The van der Waals surface area contributed by atoms with Gasteiger partial charge in [-0.2, -0.15) is 0 Å². The molecule has 0 aliphatic rings. The van der Waals surface area contributed by atoms with Crippen molar-refractivity contribution in [2.24, 2.45) is 0 Å². The number of halogens is 1. The van der Waals surface area contributed by atoms with Crippen LogP contribution in [0.1, 0.15) is 20.7 Å². The van der Waals surface area contributed by atoms with Gasteiger partial charge in [0.15, 0.2) is 0 Å². The number of carboxylic acid groups (broad SMARTS) is 1. The molecule has 5 nitrogen and oxygen atoms in total. The van der Waals surface area contributed by atoms with E-state index in [2.05, 4.69) is 20.9 Å². The molecule has 0 radical (unpaired) electrons. The molecule has 1 amide bonds. The van der Waals surface area contributed by atoms with E-state index in [-0.39, 0.29) is 11.5 Å². The molecule has 1 aromatic carbocycles. The van der Waals surface area contributed by atoms with E-state index in [0.29, 0.717) is 15.9 Å². The lowest BCUT2D eigenvalue weighted by molar-refractivity contribution is 0.0697. The number of rotatable bonds is 3. The van der Waals surface area contributed by atoms with E-state index in [1.807, 2.05) is 0 Å². The van der Waals surface area contributed by atoms with E-state index in [4.69, 9.17) is 5.11 Å². The fourth-order valence-electron chi connectivity index (χ4n) is 1.79. The van der Waals surface area contributed by atoms with Crippen molar-refractivity contribution in [3.8, 4) is 0 Å². The molecule has 0 unspecified atom stereocenters. The number of nitrogens with zero attached hydrogens (tertiary/aromatic N) is 2. The lowest BCUT2D eigenvalue weighted by Crippen LogP contribution is -2.27. The number of aromatic nitrogens is 1. The molecule has 0 aliphatic carbocycles. The van der Waals surface area contributed by atoms with Crippen LogP contribution in [0.4, 0.5) is 5.69 Å². The van der Waals surface area contributed by atoms with Crippen LogP contribution in [0.15, 0.2) is 47.2 Å². The molecule has 0 fully saturated rings. The standard InChI is InChI=1S/C14H11BrN2O3/c1-17(11-5-3-2-4-10(11)14(19)20)13(18)9-6-7-16-12(15)8-9/h2-8H,1H3,(H,19,20). The van der Waals surface area contributed by atoms with Crippen molar-refractivity contribution >= 4 is 33.5 Å². The third kappa shape index (κ3) is 2.85. The minimum Gasteiger partial charge on any atom is -0.478 e. The average Bonchev–Trinajstić information content (AvgIpc) is 2.45. The van der Waals surface area contributed by atoms with Crippen molar-refractivity contribution in [2.75, 3.05) is 11.9 Å². The molecule has 20 heavy (non-hydrogen) atoms. The molecule has 2 rings (SSSR count). The zero-order valence-electron chi connectivity index (χ0n) is 10.6. The summed E-state index contributed by atoms with van der Waals surface area (Å²) >= 11 is 3.20. The number of aromatic carboxylic acids is 1. The fraction of sp³-hybridized carbons (Fsp3) is 0.0714. The third-order valence-electron chi connectivity index (χ3n) is 2.77. The van der Waals surface area contributed by atoms with Crippen molar-refractivity contribution in [1.82, 2.24) is 4.98 Å². The number of hydrogen-bond acceptors (Lipinski definition) is 3. The molecule has 0 atom stereocenters. The first-order valence-electron chi connectivity index (χ1n) is 5.72. The Hall–Kier alpha value is -2.21. The largest absolute Gasteiger partial charge is 0.478 e. The second kappa shape index (κ2) is 5.83. The molecule has 1 heterocycles. The minimum absolute atomic E-state index is 0.0801. The number of carbonyl (C=O) groups is 2. The van der Waals surface area contributed by atoms with Crippen LogP contribution in [0.3, 0.4) is 0 Å². The first-order valence-corrected chi connectivity index (χ1v) is 6.52. The van der Waals surface area contributed by atoms with Gasteiger partial charge in [-0.05, 0) is 40.2 Å². The summed E-state index contributed by atoms with van der Waals surface area (Å²) in [4.78, 5) is 28.8. The number of benzene rings is 1. The monoisotopic (exact) mass is 334 g/mol. The summed E-state index contributed by atoms with van der Waals surface area (Å²) in [6.07, 6.45) is 1.51. The first-order chi connectivity index (χ1) is 9.50. The molecule has 2 aromatic rings. The highest BCUT2D eigenvalue weighted by Crippen LogP contribution is 2.21. The zero-order chi connectivity index (χ0) is 14.7. The van der Waals surface area contributed by atoms with Crippen LogP contribution in [0, 0.1) is 0 Å². The maximum atomic E-state index is 12.4. The number of amides is 1. The predicted octanol–water partition coefficient (Wildman–Crippen LogP) is 2.82. The smallest absolute Gasteiger partial charge is 0.337 e. The number of carboxylic acids is 1. The Morgan fingerprint density at radius 3 is 2.60 bits per heavy atom. The Morgan fingerprint density at radius 2 is 1.95 bits per heavy atom. The molecule has 1 N–H and O–H groups in total. The summed E-state index contributed by atoms with van der Waals surface area (Å²) in [7, 11) is 1.54. The summed E-state index contributed by atoms with van der Waals surface area (Å²) in [6.45, 7) is 0. The normalized spacial score (nSPS) is 10.1. The van der Waals surface area contributed by atoms with E-state index >= 15 is 0 Å². The Labute approximate surface area is 124 Å². The summed E-state index contributed by atoms with van der Waals surface area (Å²) < 4.78 is 0.545. The summed E-state index contributed by atoms with van der Waals surface area (Å²) in [5.74, 6) is -1.38. The van der Waals surface area contributed by atoms with Gasteiger partial charge in [0, 0.05) is 18.8 Å². The van der Waals surface area contributed by atoms with Crippen LogP contribution in [0.25, 0.3) is 0 Å². The molecule has 0 aliphatic heterocycles. The minimum atomic E-state index is -1.07. The van der Waals surface area contributed by atoms with Gasteiger partial charge in [0.05, 0.1) is 11.3 Å². The lowest BCUT2D eigenvalue weighted by Gasteiger charge is -2.19. The highest BCUT2D eigenvalue weighted by molar-refractivity contribution is 9.10. The molecule has 102 valence electrons. The quantitative estimate of drug-likeness (QED) is 0.876. The topological polar surface area (TPSA) is 70.5 Å². The maximum Gasteiger partial charge on any atom is 0.337 e. The number of carbonyl (C=O) groups excluding carboxylic acids is 1. The number of pyridine rings is 1. The van der Waals surface area contributed by atoms with Crippen LogP contribution >= 0.6 is 15.9 Å². The van der Waals surface area contributed by atoms with Gasteiger partial charge in [-0.25, -0.2) is 9.78 Å². The van der Waals surface area contributed by atoms with Gasteiger partial charge in [-0.15, -0.1) is 0 Å². The van der Waals surface area contributed by atoms with Gasteiger partial charge in [0.1, 0.15) is 4.60 Å². The molecule has 0 bridgehead atoms. The van der Waals surface area contributed by atoms with Crippen LogP contribution in [0.5, 0.6) is 0 Å². The van der Waals surface area contributed by atoms with E-state index in [1.54, 1.807) is 37.4 Å². The molecule has 6 heteroatoms. The van der Waals surface area contributed by atoms with Crippen LogP contribution in [0.2, 0.25) is 0 Å². The first kappa shape index (κ1) is 14.2. The second-order valence-corrected chi connectivity index (χ2v) is 4.87. The SMILES string of the molecule is CN(C(=O)c1ccnc(Br)c1)c1ccccc1C(=O)O. The molecule has 1 aromatic heterocycles. The van der Waals surface area contributed by atoms with Gasteiger partial charge >= 0.3 is 5.97 Å². The molecule has 0 spiro atoms. The Bertz CT molecular complexity index is 673. The Kier molecular flexibility index (Phi) is 4.14. The zero-order valence-corrected chi connectivity index (χ0v) is 12.2. The van der Waals surface area contributed by atoms with Crippen LogP contribution in [-0.2, 0) is 0 Å². The fourth-order valence-corrected chi connectivity index (χ4v) is 2.15. The van der Waals surface area contributed by atoms with Crippen LogP contribution in [-0.4, -0.2) is 29.0 Å². The predicted molar refractivity (Wildman–Crippen MR) is 78.1 cm³/mol. The second-order valence-electron chi connectivity index (χ2n) is 4.05. The van der Waals surface area contributed by atoms with Crippen molar-refractivity contribution < 1.29 is 14.7 Å². The summed E-state index contributed by atoms with van der Waals surface area (Å²) in [5.41, 5.74) is 0.851. The number of anilines is 1. The van der Waals surface area contributed by atoms with E-state index in [1.165, 1.54) is 17.2 Å². The molecular formula is C14H11BrN2O3. The van der Waals surface area contributed by atoms with Crippen LogP contribution < -0.4 is 4.90 Å². The highest BCUT2D eigenvalue weighted by atomic mass is 79.9. The highest BCUT2D eigenvalue weighted by Gasteiger charge is 2.19. The van der Waals surface area contributed by atoms with E-state index in [9.17, 15) is 9.59 Å². The van der Waals surface area contributed by atoms with Gasteiger partial charge in [0.25, 0.3) is 5.91 Å². The summed E-state index contributed by atoms with van der Waals surface area (Å²) in [6, 6.07) is 9.53. The third-order valence-corrected chi connectivity index (χ3v) is 3.21. The molecular weight excluding hydrogens is 324 g/mol. The lowest BCUT2D eigenvalue weighted by atomic mass is 10.1. The average molecular weight is 335 g/mol. The molecule has 0 saturated heterocycles. The van der Waals surface area contributed by atoms with E-state index in [0.717, 1.165) is 0 Å². The van der Waals surface area contributed by atoms with Gasteiger partial charge in [-0.3, -0.25) is 4.79 Å². The Balaban J connectivity index is 2.39.